The standard InChI is InChI=1S/C50H61ClN12O9S2/c1-25-26(2)74-49-40(25)41(29-12-14-30(51)15-13-29)56-32(44-61-60-27(3)63(44)49)20-37(64)53-21-34-46(69)58-35(43(52)67)23-73-24-39(66)59-42(50(4,5)6)48(71)62-18-8-9-36(62)47(70)57-33(45(68)54-22-38(65)55-34)19-28-10-16-31(72-7)17-11-28/h10-17,32-36,42H,8-9,18-24H2,1-7H3,(H2,52,67)(H,53,64)(H,54,68)(H,55,65)(H,57,70)(H,58,69)(H,59,66)/t32-,33-,34+,35+,36-,42+/m0/s1. The average molecular weight is 1070 g/mol. The summed E-state index contributed by atoms with van der Waals surface area (Å²) in [6.07, 6.45) is 0.480. The van der Waals surface area contributed by atoms with E-state index in [0.29, 0.717) is 46.5 Å². The van der Waals surface area contributed by atoms with Gasteiger partial charge in [0.2, 0.25) is 47.3 Å². The molecular weight excluding hydrogens is 1010 g/mol. The summed E-state index contributed by atoms with van der Waals surface area (Å²) in [5.41, 5.74) is 8.79. The van der Waals surface area contributed by atoms with E-state index in [2.05, 4.69) is 42.1 Å². The Morgan fingerprint density at radius 2 is 1.61 bits per heavy atom. The predicted octanol–water partition coefficient (Wildman–Crippen LogP) is 1.88. The Kier molecular flexibility index (Phi) is 17.5. The van der Waals surface area contributed by atoms with Crippen LogP contribution >= 0.6 is 34.7 Å². The molecule has 21 nitrogen and oxygen atoms in total. The third kappa shape index (κ3) is 12.9. The smallest absolute Gasteiger partial charge is 0.246 e. The van der Waals surface area contributed by atoms with Gasteiger partial charge >= 0.3 is 0 Å². The first kappa shape index (κ1) is 54.9. The van der Waals surface area contributed by atoms with Crippen molar-refractivity contribution in [3.05, 3.63) is 92.3 Å². The molecule has 0 radical (unpaired) electrons. The molecule has 0 spiro atoms. The van der Waals surface area contributed by atoms with Crippen molar-refractivity contribution in [2.45, 2.75) is 103 Å². The number of halogens is 1. The fourth-order valence-corrected chi connectivity index (χ4v) is 11.1. The number of nitrogens with one attached hydrogen (secondary N) is 6. The van der Waals surface area contributed by atoms with Crippen LogP contribution in [0.3, 0.4) is 0 Å². The van der Waals surface area contributed by atoms with Crippen molar-refractivity contribution in [3.63, 3.8) is 0 Å². The normalized spacial score (nSPS) is 22.5. The summed E-state index contributed by atoms with van der Waals surface area (Å²) in [5, 5.41) is 26.2. The highest BCUT2D eigenvalue weighted by Gasteiger charge is 2.43. The molecule has 0 unspecified atom stereocenters. The maximum Gasteiger partial charge on any atom is 0.246 e. The molecule has 8 amide bonds. The molecule has 0 bridgehead atoms. The molecule has 2 aromatic heterocycles. The number of benzene rings is 2. The minimum atomic E-state index is -1.54. The number of thioether (sulfide) groups is 1. The number of amides is 8. The van der Waals surface area contributed by atoms with Crippen LogP contribution in [0.2, 0.25) is 5.02 Å². The average Bonchev–Trinajstić information content (AvgIpc) is 4.06. The van der Waals surface area contributed by atoms with Gasteiger partial charge in [0.1, 0.15) is 52.8 Å². The molecule has 2 fully saturated rings. The van der Waals surface area contributed by atoms with Gasteiger partial charge in [0.05, 0.1) is 31.5 Å². The summed E-state index contributed by atoms with van der Waals surface area (Å²) < 4.78 is 7.17. The number of nitrogens with zero attached hydrogens (tertiary/aromatic N) is 5. The van der Waals surface area contributed by atoms with Crippen LogP contribution in [0, 0.1) is 26.2 Å². The fourth-order valence-electron chi connectivity index (χ4n) is 8.87. The Morgan fingerprint density at radius 3 is 2.28 bits per heavy atom. The van der Waals surface area contributed by atoms with Gasteiger partial charge in [0.25, 0.3) is 0 Å². The zero-order valence-electron chi connectivity index (χ0n) is 42.1. The van der Waals surface area contributed by atoms with Gasteiger partial charge in [-0.25, -0.2) is 0 Å². The number of aliphatic imine (C=N–C) groups is 1. The first-order chi connectivity index (χ1) is 35.1. The highest BCUT2D eigenvalue weighted by atomic mass is 35.5. The van der Waals surface area contributed by atoms with Crippen LogP contribution in [-0.4, -0.2) is 141 Å². The summed E-state index contributed by atoms with van der Waals surface area (Å²) in [5.74, 6) is -4.61. The van der Waals surface area contributed by atoms with Crippen molar-refractivity contribution in [3.8, 4) is 10.8 Å². The number of hydrogen-bond donors (Lipinski definition) is 7. The van der Waals surface area contributed by atoms with Crippen LogP contribution in [0.5, 0.6) is 5.75 Å². The largest absolute Gasteiger partial charge is 0.497 e. The number of ether oxygens (including phenoxy) is 1. The minimum absolute atomic E-state index is 0.0245. The maximum atomic E-state index is 14.2. The van der Waals surface area contributed by atoms with Gasteiger partial charge in [-0.15, -0.1) is 33.3 Å². The molecule has 74 heavy (non-hydrogen) atoms. The van der Waals surface area contributed by atoms with Gasteiger partial charge in [-0.1, -0.05) is 56.6 Å². The van der Waals surface area contributed by atoms with Crippen molar-refractivity contribution in [1.29, 1.82) is 0 Å². The van der Waals surface area contributed by atoms with Gasteiger partial charge in [-0.05, 0) is 74.4 Å². The third-order valence-electron chi connectivity index (χ3n) is 13.0. The quantitative estimate of drug-likeness (QED) is 0.127. The van der Waals surface area contributed by atoms with E-state index in [1.807, 2.05) is 30.5 Å². The van der Waals surface area contributed by atoms with E-state index in [1.54, 1.807) is 75.4 Å². The summed E-state index contributed by atoms with van der Waals surface area (Å²) >= 11 is 8.79. The monoisotopic (exact) mass is 1070 g/mol. The summed E-state index contributed by atoms with van der Waals surface area (Å²) in [4.78, 5) is 118. The number of primary amides is 1. The number of carbonyl (C=O) groups excluding carboxylic acids is 8. The predicted molar refractivity (Wildman–Crippen MR) is 279 cm³/mol. The van der Waals surface area contributed by atoms with Gasteiger partial charge in [0, 0.05) is 46.3 Å². The van der Waals surface area contributed by atoms with Crippen LogP contribution in [-0.2, 0) is 44.8 Å². The van der Waals surface area contributed by atoms with E-state index in [1.165, 1.54) is 12.0 Å². The molecule has 0 saturated carbocycles. The molecule has 8 N–H and O–H groups in total. The van der Waals surface area contributed by atoms with E-state index < -0.39 is 102 Å². The van der Waals surface area contributed by atoms with Crippen molar-refractivity contribution >= 4 is 87.7 Å². The van der Waals surface area contributed by atoms with E-state index in [4.69, 9.17) is 27.1 Å². The van der Waals surface area contributed by atoms with E-state index >= 15 is 0 Å². The maximum absolute atomic E-state index is 14.2. The van der Waals surface area contributed by atoms with Crippen molar-refractivity contribution in [2.24, 2.45) is 16.1 Å². The van der Waals surface area contributed by atoms with Crippen molar-refractivity contribution < 1.29 is 43.1 Å². The molecule has 5 heterocycles. The molecule has 7 rings (SSSR count). The fraction of sp³-hybridized carbons (Fsp3) is 0.460. The van der Waals surface area contributed by atoms with E-state index in [9.17, 15) is 38.4 Å². The number of rotatable bonds is 9. The van der Waals surface area contributed by atoms with Crippen molar-refractivity contribution in [1.82, 2.24) is 51.6 Å². The molecule has 2 aromatic carbocycles. The number of thiophene rings is 1. The molecule has 2 saturated heterocycles. The highest BCUT2D eigenvalue weighted by Crippen LogP contribution is 2.39. The van der Waals surface area contributed by atoms with Crippen LogP contribution in [0.1, 0.15) is 84.9 Å². The van der Waals surface area contributed by atoms with Gasteiger partial charge in [-0.3, -0.25) is 47.9 Å². The number of carbonyl (C=O) groups is 8. The number of aryl methyl sites for hydroxylation is 2. The second-order valence-corrected chi connectivity index (χ2v) is 22.1. The van der Waals surface area contributed by atoms with Crippen LogP contribution in [0.15, 0.2) is 53.5 Å². The second-order valence-electron chi connectivity index (χ2n) is 19.4. The topological polar surface area (TPSA) is 290 Å². The SMILES string of the molecule is COc1ccc(C[C@@H]2NC(=O)[C@@H]3CCCN3C(=O)[C@H](C(C)(C)C)NC(=O)CSC[C@H](C(N)=O)NC(=O)[C@@H](CNC(=O)C[C@@H]3N=C(c4ccc(Cl)cc4)c4c(sc(C)c4C)-n4c(C)nnc43)NC(=O)CNC2=O)cc1. The molecular formula is C50H61ClN12O9S2. The molecule has 24 heteroatoms. The Labute approximate surface area is 441 Å². The number of fused-ring (bicyclic) bond motifs is 4. The van der Waals surface area contributed by atoms with Gasteiger partial charge in [0.15, 0.2) is 5.82 Å². The third-order valence-corrected chi connectivity index (χ3v) is 15.5. The minimum Gasteiger partial charge on any atom is -0.497 e. The highest BCUT2D eigenvalue weighted by molar-refractivity contribution is 8.00. The summed E-state index contributed by atoms with van der Waals surface area (Å²) in [6.45, 7) is 10.2. The first-order valence-corrected chi connectivity index (χ1v) is 26.4. The zero-order chi connectivity index (χ0) is 53.6. The Bertz CT molecular complexity index is 2850. The zero-order valence-corrected chi connectivity index (χ0v) is 44.5. The van der Waals surface area contributed by atoms with Crippen LogP contribution < -0.4 is 42.4 Å². The lowest BCUT2D eigenvalue weighted by Gasteiger charge is -2.35. The lowest BCUT2D eigenvalue weighted by molar-refractivity contribution is -0.144. The van der Waals surface area contributed by atoms with Crippen LogP contribution in [0.4, 0.5) is 0 Å². The van der Waals surface area contributed by atoms with E-state index in [0.717, 1.165) is 38.3 Å². The molecule has 0 aliphatic carbocycles. The number of hydrogen-bond acceptors (Lipinski definition) is 14. The van der Waals surface area contributed by atoms with E-state index in [-0.39, 0.29) is 30.9 Å². The molecule has 394 valence electrons. The Morgan fingerprint density at radius 1 is 0.892 bits per heavy atom. The summed E-state index contributed by atoms with van der Waals surface area (Å²) in [6, 6.07) is 6.94. The lowest BCUT2D eigenvalue weighted by atomic mass is 9.85. The van der Waals surface area contributed by atoms with Gasteiger partial charge in [-0.2, -0.15) is 0 Å². The molecule has 3 aliphatic rings. The Balaban J connectivity index is 1.15. The second kappa shape index (κ2) is 23.6. The van der Waals surface area contributed by atoms with Crippen molar-refractivity contribution in [2.75, 3.05) is 38.2 Å². The molecule has 6 atom stereocenters. The lowest BCUT2D eigenvalue weighted by Crippen LogP contribution is -2.59. The van der Waals surface area contributed by atoms with Gasteiger partial charge < -0.3 is 47.3 Å². The number of aromatic nitrogens is 3. The summed E-state index contributed by atoms with van der Waals surface area (Å²) in [7, 11) is 1.51. The molecule has 3 aliphatic heterocycles. The Hall–Kier alpha value is -6.85. The first-order valence-electron chi connectivity index (χ1n) is 24.0. The molecule has 4 aromatic rings. The number of methoxy groups -OCH3 is 1. The van der Waals surface area contributed by atoms with Crippen LogP contribution in [0.25, 0.3) is 5.00 Å². The number of nitrogens with two attached hydrogens (primary N) is 1.